The molecule has 0 saturated heterocycles. The Morgan fingerprint density at radius 2 is 1.88 bits per heavy atom. The zero-order chi connectivity index (χ0) is 12.4. The molecule has 0 spiro atoms. The third-order valence-corrected chi connectivity index (χ3v) is 2.58. The summed E-state index contributed by atoms with van der Waals surface area (Å²) in [6.07, 6.45) is 1.47. The van der Waals surface area contributed by atoms with Crippen LogP contribution in [0.1, 0.15) is 16.8 Å². The third-order valence-electron chi connectivity index (χ3n) is 2.58. The zero-order valence-corrected chi connectivity index (χ0v) is 10.3. The number of benzene rings is 1. The number of anilines is 2. The average Bonchev–Trinajstić information content (AvgIpc) is 2.75. The van der Waals surface area contributed by atoms with Crippen molar-refractivity contribution in [3.63, 3.8) is 0 Å². The first-order valence-electron chi connectivity index (χ1n) is 5.47. The Kier molecular flexibility index (Phi) is 3.15. The number of aromatic nitrogens is 1. The highest BCUT2D eigenvalue weighted by Crippen LogP contribution is 2.24. The molecule has 0 aliphatic heterocycles. The lowest BCUT2D eigenvalue weighted by molar-refractivity contribution is 0.276. The van der Waals surface area contributed by atoms with E-state index >= 15 is 0 Å². The van der Waals surface area contributed by atoms with Crippen LogP contribution in [-0.4, -0.2) is 17.1 Å². The van der Waals surface area contributed by atoms with Crippen LogP contribution in [0.3, 0.4) is 0 Å². The van der Waals surface area contributed by atoms with Gasteiger partial charge in [-0.05, 0) is 37.1 Å². The molecule has 0 fully saturated rings. The summed E-state index contributed by atoms with van der Waals surface area (Å²) in [5, 5.41) is 8.95. The number of hydrogen-bond acceptors (Lipinski definition) is 4. The SMILES string of the molecule is Cc1cc(C)cc(N(C)c2nc(CO)co2)c1. The number of oxazole rings is 1. The third kappa shape index (κ3) is 2.47. The van der Waals surface area contributed by atoms with Gasteiger partial charge in [0, 0.05) is 12.7 Å². The van der Waals surface area contributed by atoms with Crippen LogP contribution in [0.25, 0.3) is 0 Å². The van der Waals surface area contributed by atoms with Crippen LogP contribution in [-0.2, 0) is 6.61 Å². The van der Waals surface area contributed by atoms with E-state index in [9.17, 15) is 0 Å². The Morgan fingerprint density at radius 3 is 2.41 bits per heavy atom. The van der Waals surface area contributed by atoms with Gasteiger partial charge in [-0.25, -0.2) is 0 Å². The van der Waals surface area contributed by atoms with Gasteiger partial charge in [0.1, 0.15) is 12.0 Å². The minimum atomic E-state index is -0.107. The molecule has 1 aromatic carbocycles. The normalized spacial score (nSPS) is 10.6. The van der Waals surface area contributed by atoms with Gasteiger partial charge in [-0.2, -0.15) is 4.98 Å². The number of hydrogen-bond donors (Lipinski definition) is 1. The standard InChI is InChI=1S/C13H16N2O2/c1-9-4-10(2)6-12(5-9)15(3)13-14-11(7-16)8-17-13/h4-6,8,16H,7H2,1-3H3. The lowest BCUT2D eigenvalue weighted by atomic mass is 10.1. The predicted octanol–water partition coefficient (Wildman–Crippen LogP) is 2.55. The van der Waals surface area contributed by atoms with Gasteiger partial charge in [0.05, 0.1) is 6.61 Å². The molecule has 0 radical (unpaired) electrons. The molecule has 0 bridgehead atoms. The van der Waals surface area contributed by atoms with Gasteiger partial charge in [0.15, 0.2) is 0 Å². The molecule has 2 aromatic rings. The number of nitrogens with zero attached hydrogens (tertiary/aromatic N) is 2. The zero-order valence-electron chi connectivity index (χ0n) is 10.3. The molecule has 1 aromatic heterocycles. The van der Waals surface area contributed by atoms with Crippen LogP contribution >= 0.6 is 0 Å². The largest absolute Gasteiger partial charge is 0.431 e. The molecule has 0 unspecified atom stereocenters. The molecule has 0 aliphatic rings. The van der Waals surface area contributed by atoms with E-state index in [0.29, 0.717) is 11.7 Å². The summed E-state index contributed by atoms with van der Waals surface area (Å²) < 4.78 is 5.31. The minimum Gasteiger partial charge on any atom is -0.431 e. The summed E-state index contributed by atoms with van der Waals surface area (Å²) in [6, 6.07) is 6.73. The monoisotopic (exact) mass is 232 g/mol. The van der Waals surface area contributed by atoms with Crippen molar-refractivity contribution < 1.29 is 9.52 Å². The quantitative estimate of drug-likeness (QED) is 0.883. The second kappa shape index (κ2) is 4.59. The molecular weight excluding hydrogens is 216 g/mol. The Morgan fingerprint density at radius 1 is 1.24 bits per heavy atom. The summed E-state index contributed by atoms with van der Waals surface area (Å²) in [6.45, 7) is 4.00. The van der Waals surface area contributed by atoms with Gasteiger partial charge < -0.3 is 9.52 Å². The predicted molar refractivity (Wildman–Crippen MR) is 66.4 cm³/mol. The molecule has 17 heavy (non-hydrogen) atoms. The van der Waals surface area contributed by atoms with E-state index in [-0.39, 0.29) is 6.61 Å². The fraction of sp³-hybridized carbons (Fsp3) is 0.308. The highest BCUT2D eigenvalue weighted by atomic mass is 16.4. The van der Waals surface area contributed by atoms with Crippen molar-refractivity contribution in [1.29, 1.82) is 0 Å². The van der Waals surface area contributed by atoms with E-state index in [1.54, 1.807) is 0 Å². The van der Waals surface area contributed by atoms with Gasteiger partial charge in [-0.3, -0.25) is 4.90 Å². The van der Waals surface area contributed by atoms with Crippen LogP contribution in [0.2, 0.25) is 0 Å². The molecule has 2 rings (SSSR count). The Balaban J connectivity index is 2.32. The Bertz CT molecular complexity index is 500. The van der Waals surface area contributed by atoms with Gasteiger partial charge in [0.2, 0.25) is 0 Å². The molecule has 1 N–H and O–H groups in total. The molecular formula is C13H16N2O2. The van der Waals surface area contributed by atoms with Crippen LogP contribution in [0, 0.1) is 13.8 Å². The highest BCUT2D eigenvalue weighted by molar-refractivity contribution is 5.57. The minimum absolute atomic E-state index is 0.107. The molecule has 0 atom stereocenters. The van der Waals surface area contributed by atoms with Crippen molar-refractivity contribution in [2.75, 3.05) is 11.9 Å². The van der Waals surface area contributed by atoms with Crippen LogP contribution in [0.5, 0.6) is 0 Å². The van der Waals surface area contributed by atoms with Crippen molar-refractivity contribution in [1.82, 2.24) is 4.98 Å². The van der Waals surface area contributed by atoms with Crippen molar-refractivity contribution in [2.24, 2.45) is 0 Å². The molecule has 1 heterocycles. The summed E-state index contributed by atoms with van der Waals surface area (Å²) in [7, 11) is 1.89. The van der Waals surface area contributed by atoms with Gasteiger partial charge in [-0.1, -0.05) is 6.07 Å². The van der Waals surface area contributed by atoms with Crippen molar-refractivity contribution >= 4 is 11.7 Å². The van der Waals surface area contributed by atoms with E-state index < -0.39 is 0 Å². The Labute approximate surface area is 101 Å². The summed E-state index contributed by atoms with van der Waals surface area (Å²) in [4.78, 5) is 6.03. The number of aliphatic hydroxyl groups is 1. The molecule has 0 saturated carbocycles. The lowest BCUT2D eigenvalue weighted by Crippen LogP contribution is -2.10. The van der Waals surface area contributed by atoms with Crippen molar-refractivity contribution in [2.45, 2.75) is 20.5 Å². The molecule has 0 aliphatic carbocycles. The highest BCUT2D eigenvalue weighted by Gasteiger charge is 2.11. The lowest BCUT2D eigenvalue weighted by Gasteiger charge is -2.15. The first-order chi connectivity index (χ1) is 8.10. The van der Waals surface area contributed by atoms with Crippen LogP contribution < -0.4 is 4.90 Å². The van der Waals surface area contributed by atoms with E-state index in [0.717, 1.165) is 5.69 Å². The maximum atomic E-state index is 8.95. The van der Waals surface area contributed by atoms with Gasteiger partial charge in [0.25, 0.3) is 0 Å². The second-order valence-corrected chi connectivity index (χ2v) is 4.18. The molecule has 90 valence electrons. The maximum absolute atomic E-state index is 8.95. The van der Waals surface area contributed by atoms with Crippen molar-refractivity contribution in [3.8, 4) is 0 Å². The first-order valence-corrected chi connectivity index (χ1v) is 5.47. The van der Waals surface area contributed by atoms with E-state index in [4.69, 9.17) is 9.52 Å². The summed E-state index contributed by atoms with van der Waals surface area (Å²) >= 11 is 0. The van der Waals surface area contributed by atoms with Gasteiger partial charge >= 0.3 is 6.01 Å². The van der Waals surface area contributed by atoms with Crippen molar-refractivity contribution in [3.05, 3.63) is 41.3 Å². The van der Waals surface area contributed by atoms with Crippen LogP contribution in [0.4, 0.5) is 11.7 Å². The van der Waals surface area contributed by atoms with Crippen LogP contribution in [0.15, 0.2) is 28.9 Å². The number of aryl methyl sites for hydroxylation is 2. The summed E-state index contributed by atoms with van der Waals surface area (Å²) in [5.74, 6) is 0. The number of rotatable bonds is 3. The average molecular weight is 232 g/mol. The fourth-order valence-electron chi connectivity index (χ4n) is 1.78. The molecule has 0 amide bonds. The molecule has 4 heteroatoms. The van der Waals surface area contributed by atoms with E-state index in [1.807, 2.05) is 11.9 Å². The van der Waals surface area contributed by atoms with Gasteiger partial charge in [-0.15, -0.1) is 0 Å². The number of aliphatic hydroxyl groups excluding tert-OH is 1. The topological polar surface area (TPSA) is 49.5 Å². The first kappa shape index (κ1) is 11.7. The smallest absolute Gasteiger partial charge is 0.301 e. The maximum Gasteiger partial charge on any atom is 0.301 e. The Hall–Kier alpha value is -1.81. The van der Waals surface area contributed by atoms with E-state index in [1.165, 1.54) is 17.4 Å². The second-order valence-electron chi connectivity index (χ2n) is 4.18. The summed E-state index contributed by atoms with van der Waals surface area (Å²) in [5.41, 5.74) is 3.95. The fourth-order valence-corrected chi connectivity index (χ4v) is 1.78. The van der Waals surface area contributed by atoms with E-state index in [2.05, 4.69) is 37.0 Å². The molecule has 4 nitrogen and oxygen atoms in total.